The van der Waals surface area contributed by atoms with Crippen LogP contribution in [0.2, 0.25) is 0 Å². The highest BCUT2D eigenvalue weighted by molar-refractivity contribution is 5.35. The number of halogens is 2. The highest BCUT2D eigenvalue weighted by Gasteiger charge is 2.20. The molecular formula is C13H18F2O2. The summed E-state index contributed by atoms with van der Waals surface area (Å²) < 4.78 is 28.8. The van der Waals surface area contributed by atoms with Gasteiger partial charge in [-0.15, -0.1) is 0 Å². The van der Waals surface area contributed by atoms with Gasteiger partial charge in [0.1, 0.15) is 5.75 Å². The maximum Gasteiger partial charge on any atom is 0.387 e. The van der Waals surface area contributed by atoms with E-state index in [4.69, 9.17) is 0 Å². The molecule has 1 rings (SSSR count). The molecule has 0 aliphatic heterocycles. The summed E-state index contributed by atoms with van der Waals surface area (Å²) in [6.07, 6.45) is 1.00. The predicted molar refractivity (Wildman–Crippen MR) is 62.1 cm³/mol. The Morgan fingerprint density at radius 1 is 1.29 bits per heavy atom. The second-order valence-electron chi connectivity index (χ2n) is 4.13. The van der Waals surface area contributed by atoms with Gasteiger partial charge in [-0.1, -0.05) is 38.5 Å². The topological polar surface area (TPSA) is 29.5 Å². The molecule has 0 saturated carbocycles. The SMILES string of the molecule is CCCC(C)C(O)c1ccccc1OC(F)F. The second kappa shape index (κ2) is 6.55. The fraction of sp³-hybridized carbons (Fsp3) is 0.538. The zero-order chi connectivity index (χ0) is 12.8. The van der Waals surface area contributed by atoms with E-state index >= 15 is 0 Å². The van der Waals surface area contributed by atoms with Gasteiger partial charge in [0.25, 0.3) is 0 Å². The molecule has 0 aliphatic carbocycles. The third-order valence-corrected chi connectivity index (χ3v) is 2.74. The summed E-state index contributed by atoms with van der Waals surface area (Å²) in [6.45, 7) is 1.04. The van der Waals surface area contributed by atoms with Gasteiger partial charge in [0.05, 0.1) is 6.10 Å². The monoisotopic (exact) mass is 244 g/mol. The van der Waals surface area contributed by atoms with E-state index in [0.717, 1.165) is 12.8 Å². The molecule has 0 heterocycles. The standard InChI is InChI=1S/C13H18F2O2/c1-3-6-9(2)12(16)10-7-4-5-8-11(10)17-13(14)15/h4-5,7-9,12-13,16H,3,6H2,1-2H3. The second-order valence-corrected chi connectivity index (χ2v) is 4.13. The molecule has 0 aliphatic rings. The van der Waals surface area contributed by atoms with Crippen molar-refractivity contribution in [2.75, 3.05) is 0 Å². The maximum absolute atomic E-state index is 12.2. The van der Waals surface area contributed by atoms with Gasteiger partial charge in [-0.3, -0.25) is 0 Å². The molecule has 2 nitrogen and oxygen atoms in total. The maximum atomic E-state index is 12.2. The fourth-order valence-electron chi connectivity index (χ4n) is 1.85. The summed E-state index contributed by atoms with van der Waals surface area (Å²) in [5.41, 5.74) is 0.425. The predicted octanol–water partition coefficient (Wildman–Crippen LogP) is 3.76. The molecule has 1 aromatic rings. The van der Waals surface area contributed by atoms with Gasteiger partial charge in [0.2, 0.25) is 0 Å². The van der Waals surface area contributed by atoms with Crippen LogP contribution >= 0.6 is 0 Å². The van der Waals surface area contributed by atoms with Crippen LogP contribution in [0, 0.1) is 5.92 Å². The van der Waals surface area contributed by atoms with Crippen molar-refractivity contribution < 1.29 is 18.6 Å². The van der Waals surface area contributed by atoms with Gasteiger partial charge in [-0.25, -0.2) is 0 Å². The Hall–Kier alpha value is -1.16. The van der Waals surface area contributed by atoms with Gasteiger partial charge in [0.15, 0.2) is 0 Å². The molecule has 2 atom stereocenters. The van der Waals surface area contributed by atoms with Crippen LogP contribution in [-0.2, 0) is 0 Å². The van der Waals surface area contributed by atoms with Crippen LogP contribution in [0.5, 0.6) is 5.75 Å². The first-order valence-corrected chi connectivity index (χ1v) is 5.78. The van der Waals surface area contributed by atoms with Crippen LogP contribution < -0.4 is 4.74 Å². The van der Waals surface area contributed by atoms with E-state index in [2.05, 4.69) is 4.74 Å². The van der Waals surface area contributed by atoms with Crippen molar-refractivity contribution in [3.8, 4) is 5.75 Å². The Bertz CT molecular complexity index is 342. The summed E-state index contributed by atoms with van der Waals surface area (Å²) in [5, 5.41) is 10.1. The highest BCUT2D eigenvalue weighted by Crippen LogP contribution is 2.32. The van der Waals surface area contributed by atoms with Crippen molar-refractivity contribution >= 4 is 0 Å². The lowest BCUT2D eigenvalue weighted by Crippen LogP contribution is -2.12. The zero-order valence-corrected chi connectivity index (χ0v) is 10.1. The third-order valence-electron chi connectivity index (χ3n) is 2.74. The molecule has 96 valence electrons. The van der Waals surface area contributed by atoms with Crippen molar-refractivity contribution in [3.63, 3.8) is 0 Å². The minimum atomic E-state index is -2.87. The summed E-state index contributed by atoms with van der Waals surface area (Å²) in [4.78, 5) is 0. The summed E-state index contributed by atoms with van der Waals surface area (Å²) in [6, 6.07) is 6.38. The quantitative estimate of drug-likeness (QED) is 0.825. The molecule has 0 spiro atoms. The molecule has 4 heteroatoms. The Kier molecular flexibility index (Phi) is 5.35. The van der Waals surface area contributed by atoms with Crippen molar-refractivity contribution in [2.45, 2.75) is 39.4 Å². The number of para-hydroxylation sites is 1. The summed E-state index contributed by atoms with van der Waals surface area (Å²) >= 11 is 0. The Morgan fingerprint density at radius 3 is 2.53 bits per heavy atom. The van der Waals surface area contributed by atoms with E-state index in [9.17, 15) is 13.9 Å². The van der Waals surface area contributed by atoms with Crippen molar-refractivity contribution in [2.24, 2.45) is 5.92 Å². The molecule has 0 amide bonds. The van der Waals surface area contributed by atoms with E-state index in [-0.39, 0.29) is 11.7 Å². The average molecular weight is 244 g/mol. The van der Waals surface area contributed by atoms with Crippen LogP contribution in [0.3, 0.4) is 0 Å². The van der Waals surface area contributed by atoms with Crippen LogP contribution in [0.15, 0.2) is 24.3 Å². The van der Waals surface area contributed by atoms with E-state index in [1.165, 1.54) is 6.07 Å². The minimum absolute atomic E-state index is 0.0161. The molecule has 1 N–H and O–H groups in total. The molecule has 0 bridgehead atoms. The summed E-state index contributed by atoms with van der Waals surface area (Å²) in [7, 11) is 0. The molecule has 0 fully saturated rings. The van der Waals surface area contributed by atoms with Crippen LogP contribution in [0.25, 0.3) is 0 Å². The normalized spacial score (nSPS) is 14.7. The van der Waals surface area contributed by atoms with Crippen LogP contribution in [-0.4, -0.2) is 11.7 Å². The Labute approximate surface area is 100 Å². The number of rotatable bonds is 6. The first-order chi connectivity index (χ1) is 8.06. The number of ether oxygens (including phenoxy) is 1. The average Bonchev–Trinajstić information content (AvgIpc) is 2.28. The Morgan fingerprint density at radius 2 is 1.94 bits per heavy atom. The minimum Gasteiger partial charge on any atom is -0.434 e. The van der Waals surface area contributed by atoms with E-state index < -0.39 is 12.7 Å². The number of aliphatic hydroxyl groups is 1. The van der Waals surface area contributed by atoms with Gasteiger partial charge in [-0.05, 0) is 18.4 Å². The lowest BCUT2D eigenvalue weighted by atomic mass is 9.93. The van der Waals surface area contributed by atoms with Gasteiger partial charge < -0.3 is 9.84 Å². The number of aliphatic hydroxyl groups excluding tert-OH is 1. The first kappa shape index (κ1) is 13.9. The molecule has 2 unspecified atom stereocenters. The first-order valence-electron chi connectivity index (χ1n) is 5.78. The lowest BCUT2D eigenvalue weighted by Gasteiger charge is -2.21. The number of hydrogen-bond donors (Lipinski definition) is 1. The lowest BCUT2D eigenvalue weighted by molar-refractivity contribution is -0.0521. The van der Waals surface area contributed by atoms with Crippen molar-refractivity contribution in [1.29, 1.82) is 0 Å². The van der Waals surface area contributed by atoms with Crippen LogP contribution in [0.1, 0.15) is 38.4 Å². The summed E-state index contributed by atoms with van der Waals surface area (Å²) in [5.74, 6) is 0.0698. The number of benzene rings is 1. The van der Waals surface area contributed by atoms with Crippen molar-refractivity contribution in [1.82, 2.24) is 0 Å². The highest BCUT2D eigenvalue weighted by atomic mass is 19.3. The molecule has 1 aromatic carbocycles. The molecular weight excluding hydrogens is 226 g/mol. The smallest absolute Gasteiger partial charge is 0.387 e. The Balaban J connectivity index is 2.88. The van der Waals surface area contributed by atoms with Crippen LogP contribution in [0.4, 0.5) is 8.78 Å². The van der Waals surface area contributed by atoms with Gasteiger partial charge >= 0.3 is 6.61 Å². The number of alkyl halides is 2. The van der Waals surface area contributed by atoms with Crippen molar-refractivity contribution in [3.05, 3.63) is 29.8 Å². The molecule has 0 saturated heterocycles. The molecule has 0 aromatic heterocycles. The van der Waals surface area contributed by atoms with E-state index in [1.54, 1.807) is 18.2 Å². The molecule has 0 radical (unpaired) electrons. The third kappa shape index (κ3) is 3.97. The van der Waals surface area contributed by atoms with E-state index in [0.29, 0.717) is 5.56 Å². The van der Waals surface area contributed by atoms with E-state index in [1.807, 2.05) is 13.8 Å². The molecule has 17 heavy (non-hydrogen) atoms. The fourth-order valence-corrected chi connectivity index (χ4v) is 1.85. The number of hydrogen-bond acceptors (Lipinski definition) is 2. The van der Waals surface area contributed by atoms with Gasteiger partial charge in [-0.2, -0.15) is 8.78 Å². The zero-order valence-electron chi connectivity index (χ0n) is 10.1. The van der Waals surface area contributed by atoms with Gasteiger partial charge in [0, 0.05) is 5.56 Å². The largest absolute Gasteiger partial charge is 0.434 e.